The topological polar surface area (TPSA) is 54.9 Å². The summed E-state index contributed by atoms with van der Waals surface area (Å²) in [6, 6.07) is 6.43. The molecule has 0 radical (unpaired) electrons. The zero-order valence-electron chi connectivity index (χ0n) is 12.8. The number of benzene rings is 1. The average molecular weight is 405 g/mol. The highest BCUT2D eigenvalue weighted by atomic mass is 127. The molecule has 5 nitrogen and oxygen atoms in total. The lowest BCUT2D eigenvalue weighted by molar-refractivity contribution is 0.393. The van der Waals surface area contributed by atoms with E-state index in [4.69, 9.17) is 9.47 Å². The van der Waals surface area contributed by atoms with Gasteiger partial charge in [0.1, 0.15) is 11.5 Å². The number of nitrogens with zero attached hydrogens (tertiary/aromatic N) is 1. The van der Waals surface area contributed by atoms with E-state index in [2.05, 4.69) is 22.5 Å². The number of hydrogen-bond acceptors (Lipinski definition) is 5. The molecular weight excluding hydrogens is 381 g/mol. The second kappa shape index (κ2) is 8.96. The van der Waals surface area contributed by atoms with Gasteiger partial charge in [-0.1, -0.05) is 0 Å². The lowest BCUT2D eigenvalue weighted by Crippen LogP contribution is -2.45. The molecule has 1 aromatic carbocycles. The second-order valence-electron chi connectivity index (χ2n) is 4.96. The molecule has 0 amide bonds. The minimum absolute atomic E-state index is 0. The van der Waals surface area contributed by atoms with Crippen molar-refractivity contribution in [3.05, 3.63) is 23.8 Å². The quantitative estimate of drug-likeness (QED) is 0.738. The van der Waals surface area contributed by atoms with Crippen LogP contribution in [0.2, 0.25) is 0 Å². The fourth-order valence-electron chi connectivity index (χ4n) is 2.16. The lowest BCUT2D eigenvalue weighted by atomic mass is 10.1. The van der Waals surface area contributed by atoms with E-state index in [1.54, 1.807) is 14.2 Å². The molecule has 1 unspecified atom stereocenters. The van der Waals surface area contributed by atoms with E-state index >= 15 is 0 Å². The van der Waals surface area contributed by atoms with Crippen LogP contribution in [0.25, 0.3) is 0 Å². The van der Waals surface area contributed by atoms with Gasteiger partial charge in [-0.15, -0.1) is 24.0 Å². The summed E-state index contributed by atoms with van der Waals surface area (Å²) in [5.74, 6) is 2.54. The van der Waals surface area contributed by atoms with Gasteiger partial charge in [0.05, 0.1) is 14.2 Å². The third-order valence-corrected chi connectivity index (χ3v) is 3.33. The summed E-state index contributed by atoms with van der Waals surface area (Å²) in [6.07, 6.45) is 1.99. The third-order valence-electron chi connectivity index (χ3n) is 3.33. The Morgan fingerprint density at radius 1 is 1.24 bits per heavy atom. The zero-order chi connectivity index (χ0) is 14.4. The standard InChI is InChI=1S/C15H23N3O2.HI/c1-11-4-6-16-15(18-11)17-7-5-12-8-13(19-2)10-14(9-12)20-3;/h8-11H,4-7H2,1-3H3,(H2,16,17,18);1H. The number of ether oxygens (including phenoxy) is 2. The van der Waals surface area contributed by atoms with Crippen LogP contribution in [0.3, 0.4) is 0 Å². The summed E-state index contributed by atoms with van der Waals surface area (Å²) in [6.45, 7) is 3.89. The van der Waals surface area contributed by atoms with Crippen molar-refractivity contribution in [1.82, 2.24) is 10.6 Å². The smallest absolute Gasteiger partial charge is 0.191 e. The first-order valence-corrected chi connectivity index (χ1v) is 6.98. The Balaban J connectivity index is 0.00000220. The maximum absolute atomic E-state index is 5.27. The van der Waals surface area contributed by atoms with Crippen LogP contribution in [0, 0.1) is 0 Å². The Morgan fingerprint density at radius 2 is 1.90 bits per heavy atom. The van der Waals surface area contributed by atoms with Crippen molar-refractivity contribution < 1.29 is 9.47 Å². The van der Waals surface area contributed by atoms with Crippen LogP contribution in [-0.2, 0) is 6.42 Å². The van der Waals surface area contributed by atoms with Crippen molar-refractivity contribution in [2.24, 2.45) is 4.99 Å². The van der Waals surface area contributed by atoms with Gasteiger partial charge >= 0.3 is 0 Å². The van der Waals surface area contributed by atoms with Crippen LogP contribution in [0.4, 0.5) is 0 Å². The van der Waals surface area contributed by atoms with E-state index in [-0.39, 0.29) is 24.0 Å². The number of rotatable bonds is 5. The van der Waals surface area contributed by atoms with E-state index in [1.165, 1.54) is 5.56 Å². The van der Waals surface area contributed by atoms with Crippen molar-refractivity contribution in [1.29, 1.82) is 0 Å². The number of aliphatic imine (C=N–C) groups is 1. The Hall–Kier alpha value is -1.18. The molecule has 2 rings (SSSR count). The van der Waals surface area contributed by atoms with Gasteiger partial charge in [0, 0.05) is 25.2 Å². The molecule has 0 saturated carbocycles. The minimum Gasteiger partial charge on any atom is -0.497 e. The van der Waals surface area contributed by atoms with Crippen LogP contribution < -0.4 is 20.1 Å². The number of halogens is 1. The fourth-order valence-corrected chi connectivity index (χ4v) is 2.16. The van der Waals surface area contributed by atoms with Gasteiger partial charge in [-0.25, -0.2) is 0 Å². The molecule has 0 spiro atoms. The molecule has 1 aliphatic rings. The largest absolute Gasteiger partial charge is 0.497 e. The van der Waals surface area contributed by atoms with Gasteiger partial charge in [0.25, 0.3) is 0 Å². The normalized spacial score (nSPS) is 17.1. The molecule has 1 aromatic rings. The summed E-state index contributed by atoms with van der Waals surface area (Å²) in [7, 11) is 3.33. The number of guanidine groups is 1. The second-order valence-corrected chi connectivity index (χ2v) is 4.96. The molecule has 1 aliphatic heterocycles. The molecule has 21 heavy (non-hydrogen) atoms. The van der Waals surface area contributed by atoms with Crippen LogP contribution >= 0.6 is 24.0 Å². The van der Waals surface area contributed by atoms with E-state index in [1.807, 2.05) is 18.2 Å². The Morgan fingerprint density at radius 3 is 2.48 bits per heavy atom. The molecular formula is C15H24IN3O2. The summed E-state index contributed by atoms with van der Waals surface area (Å²) < 4.78 is 10.5. The predicted octanol–water partition coefficient (Wildman–Crippen LogP) is 2.19. The zero-order valence-corrected chi connectivity index (χ0v) is 15.1. The Labute approximate surface area is 143 Å². The number of hydrogen-bond donors (Lipinski definition) is 2. The van der Waals surface area contributed by atoms with E-state index in [9.17, 15) is 0 Å². The maximum Gasteiger partial charge on any atom is 0.191 e. The van der Waals surface area contributed by atoms with Crippen LogP contribution in [-0.4, -0.2) is 39.3 Å². The fraction of sp³-hybridized carbons (Fsp3) is 0.533. The average Bonchev–Trinajstić information content (AvgIpc) is 2.47. The molecule has 6 heteroatoms. The van der Waals surface area contributed by atoms with Gasteiger partial charge in [-0.3, -0.25) is 4.99 Å². The minimum atomic E-state index is 0. The monoisotopic (exact) mass is 405 g/mol. The van der Waals surface area contributed by atoms with Crippen LogP contribution in [0.5, 0.6) is 11.5 Å². The summed E-state index contributed by atoms with van der Waals surface area (Å²) in [5.41, 5.74) is 1.18. The van der Waals surface area contributed by atoms with Gasteiger partial charge < -0.3 is 20.1 Å². The third kappa shape index (κ3) is 5.61. The van der Waals surface area contributed by atoms with E-state index in [0.29, 0.717) is 6.04 Å². The lowest BCUT2D eigenvalue weighted by Gasteiger charge is -2.22. The Kier molecular flexibility index (Phi) is 7.63. The molecule has 118 valence electrons. The molecule has 0 fully saturated rings. The van der Waals surface area contributed by atoms with Gasteiger partial charge in [0.15, 0.2) is 5.96 Å². The molecule has 2 N–H and O–H groups in total. The van der Waals surface area contributed by atoms with Crippen molar-refractivity contribution >= 4 is 29.9 Å². The first kappa shape index (κ1) is 17.9. The highest BCUT2D eigenvalue weighted by molar-refractivity contribution is 14.0. The SMILES string of the molecule is COc1cc(CCNC2=NCCC(C)N2)cc(OC)c1.I. The van der Waals surface area contributed by atoms with E-state index < -0.39 is 0 Å². The molecule has 1 heterocycles. The molecule has 0 saturated heterocycles. The van der Waals surface area contributed by atoms with Gasteiger partial charge in [-0.05, 0) is 37.5 Å². The van der Waals surface area contributed by atoms with Crippen molar-refractivity contribution in [3.8, 4) is 11.5 Å². The maximum atomic E-state index is 5.27. The molecule has 1 atom stereocenters. The van der Waals surface area contributed by atoms with E-state index in [0.717, 1.165) is 43.4 Å². The van der Waals surface area contributed by atoms with Gasteiger partial charge in [0.2, 0.25) is 0 Å². The number of nitrogens with one attached hydrogen (secondary N) is 2. The van der Waals surface area contributed by atoms with Crippen molar-refractivity contribution in [2.45, 2.75) is 25.8 Å². The van der Waals surface area contributed by atoms with Crippen molar-refractivity contribution in [3.63, 3.8) is 0 Å². The molecule has 0 aliphatic carbocycles. The van der Waals surface area contributed by atoms with Crippen LogP contribution in [0.15, 0.2) is 23.2 Å². The number of methoxy groups -OCH3 is 2. The summed E-state index contributed by atoms with van der Waals surface area (Å²) >= 11 is 0. The molecule has 0 aromatic heterocycles. The summed E-state index contributed by atoms with van der Waals surface area (Å²) in [5, 5.41) is 6.67. The van der Waals surface area contributed by atoms with Gasteiger partial charge in [-0.2, -0.15) is 0 Å². The van der Waals surface area contributed by atoms with Crippen molar-refractivity contribution in [2.75, 3.05) is 27.3 Å². The highest BCUT2D eigenvalue weighted by Gasteiger charge is 2.10. The summed E-state index contributed by atoms with van der Waals surface area (Å²) in [4.78, 5) is 4.42. The first-order valence-electron chi connectivity index (χ1n) is 6.98. The first-order chi connectivity index (χ1) is 9.71. The van der Waals surface area contributed by atoms with Crippen LogP contribution in [0.1, 0.15) is 18.9 Å². The predicted molar refractivity (Wildman–Crippen MR) is 96.2 cm³/mol. The Bertz CT molecular complexity index is 458. The highest BCUT2D eigenvalue weighted by Crippen LogP contribution is 2.22. The molecule has 0 bridgehead atoms.